The largest absolute Gasteiger partial charge is 0.494 e. The Morgan fingerprint density at radius 3 is 2.71 bits per heavy atom. The van der Waals surface area contributed by atoms with Crippen LogP contribution in [-0.2, 0) is 6.42 Å². The minimum atomic E-state index is -0.482. The number of ether oxygens (including phenoxy) is 1. The molecule has 74 valence electrons. The van der Waals surface area contributed by atoms with Gasteiger partial charge in [-0.25, -0.2) is 4.39 Å². The van der Waals surface area contributed by atoms with Gasteiger partial charge in [-0.2, -0.15) is 5.26 Å². The van der Waals surface area contributed by atoms with Crippen molar-refractivity contribution in [1.82, 2.24) is 0 Å². The average Bonchev–Trinajstić information content (AvgIpc) is 2.20. The predicted octanol–water partition coefficient (Wildman–Crippen LogP) is 2.66. The number of hydrogen-bond acceptors (Lipinski definition) is 2. The van der Waals surface area contributed by atoms with Crippen LogP contribution in [0.3, 0.4) is 0 Å². The Morgan fingerprint density at radius 2 is 2.21 bits per heavy atom. The molecule has 0 amide bonds. The maximum Gasteiger partial charge on any atom is 0.166 e. The first kappa shape index (κ1) is 10.5. The summed E-state index contributed by atoms with van der Waals surface area (Å²) in [4.78, 5) is 0. The first-order valence-electron chi connectivity index (χ1n) is 4.49. The molecule has 0 saturated carbocycles. The van der Waals surface area contributed by atoms with Crippen molar-refractivity contribution in [3.8, 4) is 11.8 Å². The van der Waals surface area contributed by atoms with Crippen molar-refractivity contribution >= 4 is 0 Å². The van der Waals surface area contributed by atoms with Crippen LogP contribution in [0.2, 0.25) is 0 Å². The third kappa shape index (κ3) is 2.02. The van der Waals surface area contributed by atoms with Gasteiger partial charge < -0.3 is 4.74 Å². The Hall–Kier alpha value is -1.56. The second-order valence-electron chi connectivity index (χ2n) is 3.01. The molecule has 0 aliphatic carbocycles. The molecular formula is C11H12FNO. The number of benzene rings is 1. The maximum absolute atomic E-state index is 13.2. The van der Waals surface area contributed by atoms with E-state index in [1.807, 2.05) is 13.0 Å². The summed E-state index contributed by atoms with van der Waals surface area (Å²) in [6, 6.07) is 4.80. The van der Waals surface area contributed by atoms with Gasteiger partial charge in [0.25, 0.3) is 0 Å². The normalized spacial score (nSPS) is 9.57. The van der Waals surface area contributed by atoms with Crippen LogP contribution in [0, 0.1) is 17.1 Å². The molecule has 0 radical (unpaired) electrons. The molecule has 0 aliphatic heterocycles. The van der Waals surface area contributed by atoms with E-state index in [0.29, 0.717) is 5.56 Å². The zero-order valence-electron chi connectivity index (χ0n) is 8.30. The Kier molecular flexibility index (Phi) is 3.47. The molecule has 0 spiro atoms. The molecule has 0 saturated heterocycles. The molecule has 0 atom stereocenters. The molecule has 0 heterocycles. The van der Waals surface area contributed by atoms with E-state index >= 15 is 0 Å². The lowest BCUT2D eigenvalue weighted by molar-refractivity contribution is 0.386. The highest BCUT2D eigenvalue weighted by atomic mass is 19.1. The van der Waals surface area contributed by atoms with E-state index in [-0.39, 0.29) is 5.75 Å². The minimum absolute atomic E-state index is 0.201. The Bertz CT molecular complexity index is 368. The molecule has 14 heavy (non-hydrogen) atoms. The molecule has 0 bridgehead atoms. The highest BCUT2D eigenvalue weighted by Gasteiger charge is 2.09. The summed E-state index contributed by atoms with van der Waals surface area (Å²) in [5.41, 5.74) is 1.23. The van der Waals surface area contributed by atoms with E-state index in [4.69, 9.17) is 10.00 Å². The molecule has 0 N–H and O–H groups in total. The van der Waals surface area contributed by atoms with Gasteiger partial charge in [0.1, 0.15) is 0 Å². The summed E-state index contributed by atoms with van der Waals surface area (Å²) < 4.78 is 18.0. The van der Waals surface area contributed by atoms with Crippen LogP contribution in [-0.4, -0.2) is 7.11 Å². The SMILES string of the molecule is CCCc1cc(OC)c(F)cc1C#N. The van der Waals surface area contributed by atoms with Crippen molar-refractivity contribution in [3.63, 3.8) is 0 Å². The summed E-state index contributed by atoms with van der Waals surface area (Å²) in [6.07, 6.45) is 1.68. The van der Waals surface area contributed by atoms with Crippen LogP contribution >= 0.6 is 0 Å². The number of nitriles is 1. The van der Waals surface area contributed by atoms with Crippen molar-refractivity contribution < 1.29 is 9.13 Å². The fraction of sp³-hybridized carbons (Fsp3) is 0.364. The van der Waals surface area contributed by atoms with Crippen LogP contribution in [0.4, 0.5) is 4.39 Å². The molecule has 1 aromatic carbocycles. The molecule has 0 aromatic heterocycles. The first-order valence-corrected chi connectivity index (χ1v) is 4.49. The fourth-order valence-electron chi connectivity index (χ4n) is 1.33. The Labute approximate surface area is 82.9 Å². The van der Waals surface area contributed by atoms with Gasteiger partial charge >= 0.3 is 0 Å². The minimum Gasteiger partial charge on any atom is -0.494 e. The number of nitrogens with zero attached hydrogens (tertiary/aromatic N) is 1. The van der Waals surface area contributed by atoms with Gasteiger partial charge in [-0.15, -0.1) is 0 Å². The lowest BCUT2D eigenvalue weighted by Crippen LogP contribution is -1.95. The first-order chi connectivity index (χ1) is 6.72. The van der Waals surface area contributed by atoms with E-state index in [1.54, 1.807) is 6.07 Å². The summed E-state index contributed by atoms with van der Waals surface area (Å²) in [5, 5.41) is 8.78. The molecule has 0 unspecified atom stereocenters. The highest BCUT2D eigenvalue weighted by Crippen LogP contribution is 2.22. The summed E-state index contributed by atoms with van der Waals surface area (Å²) in [6.45, 7) is 2.01. The third-order valence-electron chi connectivity index (χ3n) is 2.02. The van der Waals surface area contributed by atoms with Crippen LogP contribution < -0.4 is 4.74 Å². The van der Waals surface area contributed by atoms with Crippen molar-refractivity contribution in [2.24, 2.45) is 0 Å². The van der Waals surface area contributed by atoms with E-state index in [2.05, 4.69) is 0 Å². The van der Waals surface area contributed by atoms with Gasteiger partial charge in [0.05, 0.1) is 18.7 Å². The van der Waals surface area contributed by atoms with Gasteiger partial charge in [-0.3, -0.25) is 0 Å². The van der Waals surface area contributed by atoms with E-state index in [9.17, 15) is 4.39 Å². The summed E-state index contributed by atoms with van der Waals surface area (Å²) >= 11 is 0. The van der Waals surface area contributed by atoms with E-state index < -0.39 is 5.82 Å². The number of methoxy groups -OCH3 is 1. The highest BCUT2D eigenvalue weighted by molar-refractivity contribution is 5.43. The van der Waals surface area contributed by atoms with Gasteiger partial charge in [-0.05, 0) is 24.1 Å². The summed E-state index contributed by atoms with van der Waals surface area (Å²) in [5.74, 6) is -0.281. The molecule has 2 nitrogen and oxygen atoms in total. The van der Waals surface area contributed by atoms with Crippen LogP contribution in [0.1, 0.15) is 24.5 Å². The number of rotatable bonds is 3. The van der Waals surface area contributed by atoms with Gasteiger partial charge in [0.2, 0.25) is 0 Å². The van der Waals surface area contributed by atoms with Gasteiger partial charge in [0.15, 0.2) is 11.6 Å². The van der Waals surface area contributed by atoms with E-state index in [1.165, 1.54) is 13.2 Å². The molecular weight excluding hydrogens is 181 g/mol. The standard InChI is InChI=1S/C11H12FNO/c1-3-4-8-6-11(14-2)10(12)5-9(8)7-13/h5-6H,3-4H2,1-2H3. The second-order valence-corrected chi connectivity index (χ2v) is 3.01. The summed E-state index contributed by atoms with van der Waals surface area (Å²) in [7, 11) is 1.42. The number of hydrogen-bond donors (Lipinski definition) is 0. The van der Waals surface area contributed by atoms with Crippen LogP contribution in [0.25, 0.3) is 0 Å². The van der Waals surface area contributed by atoms with Crippen molar-refractivity contribution in [2.75, 3.05) is 7.11 Å². The quantitative estimate of drug-likeness (QED) is 0.739. The number of aryl methyl sites for hydroxylation is 1. The lowest BCUT2D eigenvalue weighted by Gasteiger charge is -2.06. The monoisotopic (exact) mass is 193 g/mol. The lowest BCUT2D eigenvalue weighted by atomic mass is 10.0. The topological polar surface area (TPSA) is 33.0 Å². The molecule has 0 fully saturated rings. The smallest absolute Gasteiger partial charge is 0.166 e. The number of halogens is 1. The zero-order valence-corrected chi connectivity index (χ0v) is 8.30. The van der Waals surface area contributed by atoms with Crippen LogP contribution in [0.15, 0.2) is 12.1 Å². The second kappa shape index (κ2) is 4.61. The zero-order chi connectivity index (χ0) is 10.6. The van der Waals surface area contributed by atoms with Crippen molar-refractivity contribution in [2.45, 2.75) is 19.8 Å². The van der Waals surface area contributed by atoms with Gasteiger partial charge in [-0.1, -0.05) is 13.3 Å². The average molecular weight is 193 g/mol. The molecule has 3 heteroatoms. The predicted molar refractivity (Wildman–Crippen MR) is 51.7 cm³/mol. The van der Waals surface area contributed by atoms with Gasteiger partial charge in [0, 0.05) is 0 Å². The van der Waals surface area contributed by atoms with Crippen molar-refractivity contribution in [3.05, 3.63) is 29.1 Å². The molecule has 0 aliphatic rings. The fourth-order valence-corrected chi connectivity index (χ4v) is 1.33. The van der Waals surface area contributed by atoms with Crippen LogP contribution in [0.5, 0.6) is 5.75 Å². The third-order valence-corrected chi connectivity index (χ3v) is 2.02. The molecule has 1 rings (SSSR count). The Balaban J connectivity index is 3.19. The molecule has 1 aromatic rings. The van der Waals surface area contributed by atoms with Crippen molar-refractivity contribution in [1.29, 1.82) is 5.26 Å². The Morgan fingerprint density at radius 1 is 1.50 bits per heavy atom. The maximum atomic E-state index is 13.2. The van der Waals surface area contributed by atoms with E-state index in [0.717, 1.165) is 18.4 Å².